The van der Waals surface area contributed by atoms with E-state index in [1.165, 1.54) is 5.56 Å². The molecule has 0 radical (unpaired) electrons. The molecule has 1 aliphatic heterocycles. The van der Waals surface area contributed by atoms with Crippen molar-refractivity contribution in [2.75, 3.05) is 19.8 Å². The Morgan fingerprint density at radius 3 is 2.94 bits per heavy atom. The Morgan fingerprint density at radius 1 is 1.53 bits per heavy atom. The van der Waals surface area contributed by atoms with Crippen molar-refractivity contribution in [3.8, 4) is 5.75 Å². The molecule has 0 N–H and O–H groups in total. The van der Waals surface area contributed by atoms with Gasteiger partial charge < -0.3 is 9.47 Å². The smallest absolute Gasteiger partial charge is 0.133 e. The highest BCUT2D eigenvalue weighted by molar-refractivity contribution is 9.10. The summed E-state index contributed by atoms with van der Waals surface area (Å²) in [7, 11) is 0. The van der Waals surface area contributed by atoms with Crippen LogP contribution < -0.4 is 4.74 Å². The number of hydrogen-bond donors (Lipinski definition) is 0. The molecule has 1 aliphatic rings. The van der Waals surface area contributed by atoms with E-state index in [1.807, 2.05) is 13.0 Å². The number of ether oxygens (including phenoxy) is 2. The van der Waals surface area contributed by atoms with E-state index in [9.17, 15) is 0 Å². The fourth-order valence-corrected chi connectivity index (χ4v) is 3.23. The molecule has 1 fully saturated rings. The lowest BCUT2D eigenvalue weighted by molar-refractivity contribution is 0.185. The average molecular weight is 364 g/mol. The highest BCUT2D eigenvalue weighted by Crippen LogP contribution is 2.38. The quantitative estimate of drug-likeness (QED) is 0.741. The van der Waals surface area contributed by atoms with Crippen LogP contribution in [-0.2, 0) is 4.74 Å². The van der Waals surface area contributed by atoms with Crippen molar-refractivity contribution in [1.29, 1.82) is 0 Å². The van der Waals surface area contributed by atoms with Gasteiger partial charge in [-0.3, -0.25) is 0 Å². The third kappa shape index (κ3) is 3.24. The fourth-order valence-electron chi connectivity index (χ4n) is 2.02. The van der Waals surface area contributed by atoms with Gasteiger partial charge in [0, 0.05) is 17.4 Å². The van der Waals surface area contributed by atoms with Crippen LogP contribution in [0, 0.1) is 5.92 Å². The first-order chi connectivity index (χ1) is 8.22. The van der Waals surface area contributed by atoms with Crippen molar-refractivity contribution in [3.05, 3.63) is 28.2 Å². The maximum atomic E-state index is 5.51. The van der Waals surface area contributed by atoms with Gasteiger partial charge >= 0.3 is 0 Å². The van der Waals surface area contributed by atoms with Crippen molar-refractivity contribution >= 4 is 31.9 Å². The van der Waals surface area contributed by atoms with Gasteiger partial charge in [-0.25, -0.2) is 0 Å². The topological polar surface area (TPSA) is 18.5 Å². The van der Waals surface area contributed by atoms with Gasteiger partial charge in [0.25, 0.3) is 0 Å². The Kier molecular flexibility index (Phi) is 4.88. The molecular weight excluding hydrogens is 348 g/mol. The number of rotatable bonds is 4. The van der Waals surface area contributed by atoms with Gasteiger partial charge in [-0.2, -0.15) is 0 Å². The summed E-state index contributed by atoms with van der Waals surface area (Å²) in [6.07, 6.45) is 1.13. The number of alkyl halides is 1. The zero-order valence-corrected chi connectivity index (χ0v) is 13.0. The van der Waals surface area contributed by atoms with E-state index in [-0.39, 0.29) is 0 Å². The minimum absolute atomic E-state index is 0.358. The van der Waals surface area contributed by atoms with Gasteiger partial charge in [0.1, 0.15) is 5.75 Å². The molecule has 17 heavy (non-hydrogen) atoms. The molecule has 2 unspecified atom stereocenters. The molecule has 1 aromatic carbocycles. The predicted molar refractivity (Wildman–Crippen MR) is 75.9 cm³/mol. The molecule has 0 amide bonds. The van der Waals surface area contributed by atoms with E-state index >= 15 is 0 Å². The fraction of sp³-hybridized carbons (Fsp3) is 0.538. The molecule has 0 spiro atoms. The van der Waals surface area contributed by atoms with Crippen molar-refractivity contribution in [2.45, 2.75) is 18.2 Å². The lowest BCUT2D eigenvalue weighted by Gasteiger charge is -2.17. The molecule has 1 aromatic rings. The minimum atomic E-state index is 0.358. The van der Waals surface area contributed by atoms with Gasteiger partial charge in [0.05, 0.1) is 17.7 Å². The lowest BCUT2D eigenvalue weighted by atomic mass is 9.98. The molecule has 0 aliphatic carbocycles. The van der Waals surface area contributed by atoms with Crippen LogP contribution in [0.3, 0.4) is 0 Å². The maximum Gasteiger partial charge on any atom is 0.133 e. The van der Waals surface area contributed by atoms with E-state index in [2.05, 4.69) is 44.0 Å². The van der Waals surface area contributed by atoms with Crippen molar-refractivity contribution in [2.24, 2.45) is 5.92 Å². The first-order valence-electron chi connectivity index (χ1n) is 5.86. The van der Waals surface area contributed by atoms with E-state index in [0.717, 1.165) is 29.9 Å². The monoisotopic (exact) mass is 362 g/mol. The summed E-state index contributed by atoms with van der Waals surface area (Å²) in [5, 5.41) is 0. The standard InChI is InChI=1S/C13H16Br2O2/c1-2-17-12-4-3-9(7-11(12)14)13(15)10-5-6-16-8-10/h3-4,7,10,13H,2,5-6,8H2,1H3. The Bertz CT molecular complexity index is 376. The molecule has 0 bridgehead atoms. The van der Waals surface area contributed by atoms with Crippen LogP contribution >= 0.6 is 31.9 Å². The Morgan fingerprint density at radius 2 is 2.35 bits per heavy atom. The predicted octanol–water partition coefficient (Wildman–Crippen LogP) is 4.32. The zero-order chi connectivity index (χ0) is 12.3. The Labute approximate surface area is 119 Å². The molecule has 2 nitrogen and oxygen atoms in total. The van der Waals surface area contributed by atoms with Crippen molar-refractivity contribution in [3.63, 3.8) is 0 Å². The van der Waals surface area contributed by atoms with Gasteiger partial charge in [-0.1, -0.05) is 22.0 Å². The van der Waals surface area contributed by atoms with Gasteiger partial charge in [0.15, 0.2) is 0 Å². The highest BCUT2D eigenvalue weighted by Gasteiger charge is 2.25. The van der Waals surface area contributed by atoms with Crippen molar-refractivity contribution < 1.29 is 9.47 Å². The first kappa shape index (κ1) is 13.4. The second kappa shape index (κ2) is 6.21. The summed E-state index contributed by atoms with van der Waals surface area (Å²) in [6.45, 7) is 4.40. The summed E-state index contributed by atoms with van der Waals surface area (Å²) in [5.74, 6) is 1.47. The van der Waals surface area contributed by atoms with Crippen LogP contribution in [0.5, 0.6) is 5.75 Å². The Hall–Kier alpha value is -0.0600. The molecule has 1 saturated heterocycles. The minimum Gasteiger partial charge on any atom is -0.493 e. The van der Waals surface area contributed by atoms with Gasteiger partial charge in [-0.05, 0) is 47.0 Å². The van der Waals surface area contributed by atoms with E-state index < -0.39 is 0 Å². The van der Waals surface area contributed by atoms with Crippen LogP contribution in [0.2, 0.25) is 0 Å². The highest BCUT2D eigenvalue weighted by atomic mass is 79.9. The number of hydrogen-bond acceptors (Lipinski definition) is 2. The molecule has 94 valence electrons. The largest absolute Gasteiger partial charge is 0.493 e. The summed E-state index contributed by atoms with van der Waals surface area (Å²) < 4.78 is 11.9. The molecule has 0 aromatic heterocycles. The van der Waals surface area contributed by atoms with E-state index in [4.69, 9.17) is 9.47 Å². The SMILES string of the molecule is CCOc1ccc(C(Br)C2CCOC2)cc1Br. The lowest BCUT2D eigenvalue weighted by Crippen LogP contribution is -2.07. The third-order valence-corrected chi connectivity index (χ3v) is 4.85. The molecular formula is C13H16Br2O2. The van der Waals surface area contributed by atoms with Crippen molar-refractivity contribution in [1.82, 2.24) is 0 Å². The normalized spacial score (nSPS) is 21.5. The van der Waals surface area contributed by atoms with Gasteiger partial charge in [0.2, 0.25) is 0 Å². The average Bonchev–Trinajstić information content (AvgIpc) is 2.84. The van der Waals surface area contributed by atoms with Crippen LogP contribution in [0.25, 0.3) is 0 Å². The zero-order valence-electron chi connectivity index (χ0n) is 9.79. The van der Waals surface area contributed by atoms with Crippen LogP contribution in [0.15, 0.2) is 22.7 Å². The third-order valence-electron chi connectivity index (χ3n) is 2.95. The maximum absolute atomic E-state index is 5.51. The summed E-state index contributed by atoms with van der Waals surface area (Å²) >= 11 is 7.32. The number of halogens is 2. The second-order valence-corrected chi connectivity index (χ2v) is 5.99. The van der Waals surface area contributed by atoms with E-state index in [0.29, 0.717) is 17.4 Å². The molecule has 0 saturated carbocycles. The molecule has 2 atom stereocenters. The summed E-state index contributed by atoms with van der Waals surface area (Å²) in [6, 6.07) is 6.27. The van der Waals surface area contributed by atoms with Gasteiger partial charge in [-0.15, -0.1) is 0 Å². The Balaban J connectivity index is 2.12. The van der Waals surface area contributed by atoms with Crippen LogP contribution in [-0.4, -0.2) is 19.8 Å². The van der Waals surface area contributed by atoms with E-state index in [1.54, 1.807) is 0 Å². The molecule has 1 heterocycles. The first-order valence-corrected chi connectivity index (χ1v) is 7.57. The second-order valence-electron chi connectivity index (χ2n) is 4.15. The number of benzene rings is 1. The summed E-state index contributed by atoms with van der Waals surface area (Å²) in [5.41, 5.74) is 1.27. The van der Waals surface area contributed by atoms with Crippen LogP contribution in [0.4, 0.5) is 0 Å². The summed E-state index contributed by atoms with van der Waals surface area (Å²) in [4.78, 5) is 0.358. The molecule has 4 heteroatoms. The van der Waals surface area contributed by atoms with Crippen LogP contribution in [0.1, 0.15) is 23.7 Å². The molecule has 2 rings (SSSR count).